The molecule has 3 rings (SSSR count). The molecule has 1 aliphatic carbocycles. The highest BCUT2D eigenvalue weighted by Crippen LogP contribution is 2.38. The van der Waals surface area contributed by atoms with Crippen molar-refractivity contribution in [2.24, 2.45) is 11.8 Å². The first kappa shape index (κ1) is 16.9. The lowest BCUT2D eigenvalue weighted by Crippen LogP contribution is -2.36. The Morgan fingerprint density at radius 2 is 1.96 bits per heavy atom. The Hall–Kier alpha value is -0.910. The number of hydrogen-bond donors (Lipinski definition) is 1. The maximum absolute atomic E-state index is 11.2. The third-order valence-corrected chi connectivity index (χ3v) is 6.31. The monoisotopic (exact) mass is 336 g/mol. The Morgan fingerprint density at radius 1 is 1.17 bits per heavy atom. The van der Waals surface area contributed by atoms with Gasteiger partial charge in [-0.05, 0) is 43.2 Å². The molecule has 1 aromatic rings. The maximum atomic E-state index is 11.2. The van der Waals surface area contributed by atoms with Crippen LogP contribution in [0.2, 0.25) is 0 Å². The van der Waals surface area contributed by atoms with Gasteiger partial charge >= 0.3 is 0 Å². The van der Waals surface area contributed by atoms with Gasteiger partial charge in [-0.25, -0.2) is 8.42 Å². The van der Waals surface area contributed by atoms with Crippen LogP contribution in [0.3, 0.4) is 0 Å². The zero-order valence-electron chi connectivity index (χ0n) is 13.9. The van der Waals surface area contributed by atoms with Crippen LogP contribution in [0, 0.1) is 11.8 Å². The summed E-state index contributed by atoms with van der Waals surface area (Å²) in [5.74, 6) is 1.84. The van der Waals surface area contributed by atoms with Crippen LogP contribution in [0.5, 0.6) is 0 Å². The molecule has 0 bridgehead atoms. The third-order valence-electron chi connectivity index (χ3n) is 5.28. The lowest BCUT2D eigenvalue weighted by Gasteiger charge is -2.22. The smallest absolute Gasteiger partial charge is 0.147 e. The Labute approximate surface area is 140 Å². The SMILES string of the molecule is CS(=O)(=O)CCCN[C@@H]1CC[C@H]2CN(Cc3ccccc3)C[C@H]21. The summed E-state index contributed by atoms with van der Waals surface area (Å²) in [5.41, 5.74) is 1.39. The van der Waals surface area contributed by atoms with Crippen molar-refractivity contribution in [3.8, 4) is 0 Å². The van der Waals surface area contributed by atoms with E-state index < -0.39 is 9.84 Å². The number of fused-ring (bicyclic) bond motifs is 1. The van der Waals surface area contributed by atoms with Gasteiger partial charge in [-0.3, -0.25) is 4.90 Å². The van der Waals surface area contributed by atoms with E-state index in [4.69, 9.17) is 0 Å². The van der Waals surface area contributed by atoms with Gasteiger partial charge in [-0.15, -0.1) is 0 Å². The van der Waals surface area contributed by atoms with E-state index in [2.05, 4.69) is 40.5 Å². The Kier molecular flexibility index (Phi) is 5.39. The summed E-state index contributed by atoms with van der Waals surface area (Å²) in [4.78, 5) is 2.58. The second-order valence-electron chi connectivity index (χ2n) is 7.23. The molecule has 2 fully saturated rings. The maximum Gasteiger partial charge on any atom is 0.147 e. The van der Waals surface area contributed by atoms with E-state index in [1.165, 1.54) is 37.8 Å². The quantitative estimate of drug-likeness (QED) is 0.773. The van der Waals surface area contributed by atoms with Crippen molar-refractivity contribution in [1.82, 2.24) is 10.2 Å². The van der Waals surface area contributed by atoms with Crippen molar-refractivity contribution in [3.05, 3.63) is 35.9 Å². The Balaban J connectivity index is 1.45. The molecule has 0 spiro atoms. The molecule has 0 unspecified atom stereocenters. The highest BCUT2D eigenvalue weighted by molar-refractivity contribution is 7.90. The summed E-state index contributed by atoms with van der Waals surface area (Å²) < 4.78 is 22.4. The molecule has 1 heterocycles. The zero-order chi connectivity index (χ0) is 16.3. The van der Waals surface area contributed by atoms with Gasteiger partial charge in [-0.1, -0.05) is 30.3 Å². The van der Waals surface area contributed by atoms with E-state index in [0.29, 0.717) is 11.8 Å². The van der Waals surface area contributed by atoms with Gasteiger partial charge in [0.15, 0.2) is 0 Å². The minimum absolute atomic E-state index is 0.293. The fourth-order valence-electron chi connectivity index (χ4n) is 4.20. The molecule has 1 aliphatic heterocycles. The molecular formula is C18H28N2O2S. The van der Waals surface area contributed by atoms with Gasteiger partial charge < -0.3 is 5.32 Å². The second-order valence-corrected chi connectivity index (χ2v) is 9.48. The summed E-state index contributed by atoms with van der Waals surface area (Å²) >= 11 is 0. The largest absolute Gasteiger partial charge is 0.314 e. The van der Waals surface area contributed by atoms with Gasteiger partial charge in [0, 0.05) is 31.9 Å². The van der Waals surface area contributed by atoms with E-state index in [1.807, 2.05) is 0 Å². The molecule has 1 saturated heterocycles. The van der Waals surface area contributed by atoms with Gasteiger partial charge in [0.05, 0.1) is 5.75 Å². The van der Waals surface area contributed by atoms with Crippen LogP contribution in [0.25, 0.3) is 0 Å². The van der Waals surface area contributed by atoms with E-state index >= 15 is 0 Å². The highest BCUT2D eigenvalue weighted by atomic mass is 32.2. The number of benzene rings is 1. The van der Waals surface area contributed by atoms with E-state index in [9.17, 15) is 8.42 Å². The first-order valence-corrected chi connectivity index (χ1v) is 10.7. The van der Waals surface area contributed by atoms with Crippen molar-refractivity contribution < 1.29 is 8.42 Å². The highest BCUT2D eigenvalue weighted by Gasteiger charge is 2.41. The van der Waals surface area contributed by atoms with Crippen molar-refractivity contribution in [3.63, 3.8) is 0 Å². The molecule has 0 radical (unpaired) electrons. The van der Waals surface area contributed by atoms with Crippen LogP contribution in [0.4, 0.5) is 0 Å². The fraction of sp³-hybridized carbons (Fsp3) is 0.667. The second kappa shape index (κ2) is 7.32. The fourth-order valence-corrected chi connectivity index (χ4v) is 4.87. The number of nitrogens with zero attached hydrogens (tertiary/aromatic N) is 1. The average Bonchev–Trinajstić information content (AvgIpc) is 3.04. The standard InChI is InChI=1S/C18H28N2O2S/c1-23(21,22)11-5-10-19-18-9-8-16-13-20(14-17(16)18)12-15-6-3-2-4-7-15/h2-4,6-7,16-19H,5,8-14H2,1H3/t16-,17+,18+/m0/s1. The first-order chi connectivity index (χ1) is 11.0. The number of hydrogen-bond acceptors (Lipinski definition) is 4. The summed E-state index contributed by atoms with van der Waals surface area (Å²) in [6.45, 7) is 4.25. The summed E-state index contributed by atoms with van der Waals surface area (Å²) in [7, 11) is -2.83. The summed E-state index contributed by atoms with van der Waals surface area (Å²) in [6.07, 6.45) is 4.59. The van der Waals surface area contributed by atoms with Crippen molar-refractivity contribution in [2.75, 3.05) is 31.6 Å². The average molecular weight is 337 g/mol. The summed E-state index contributed by atoms with van der Waals surface area (Å²) in [5, 5.41) is 3.62. The Bertz CT molecular complexity index is 603. The number of likely N-dealkylation sites (tertiary alicyclic amines) is 1. The molecule has 1 aromatic carbocycles. The number of nitrogens with one attached hydrogen (secondary N) is 1. The van der Waals surface area contributed by atoms with Crippen molar-refractivity contribution in [2.45, 2.75) is 31.8 Å². The van der Waals surface area contributed by atoms with Crippen LogP contribution < -0.4 is 5.32 Å². The topological polar surface area (TPSA) is 49.4 Å². The van der Waals surface area contributed by atoms with Gasteiger partial charge in [0.1, 0.15) is 9.84 Å². The molecule has 2 aliphatic rings. The first-order valence-electron chi connectivity index (χ1n) is 8.69. The number of rotatable bonds is 7. The van der Waals surface area contributed by atoms with Crippen LogP contribution in [0.15, 0.2) is 30.3 Å². The molecule has 23 heavy (non-hydrogen) atoms. The Morgan fingerprint density at radius 3 is 2.70 bits per heavy atom. The number of sulfone groups is 1. The van der Waals surface area contributed by atoms with Crippen LogP contribution in [-0.2, 0) is 16.4 Å². The third kappa shape index (κ3) is 4.78. The van der Waals surface area contributed by atoms with Crippen LogP contribution >= 0.6 is 0 Å². The zero-order valence-corrected chi connectivity index (χ0v) is 14.8. The lowest BCUT2D eigenvalue weighted by atomic mass is 9.98. The predicted octanol–water partition coefficient (Wildman–Crippen LogP) is 1.92. The minimum atomic E-state index is -2.83. The molecule has 1 saturated carbocycles. The van der Waals surface area contributed by atoms with Crippen LogP contribution in [-0.4, -0.2) is 51.0 Å². The normalized spacial score (nSPS) is 28.1. The molecule has 4 nitrogen and oxygen atoms in total. The van der Waals surface area contributed by atoms with E-state index in [1.54, 1.807) is 0 Å². The minimum Gasteiger partial charge on any atom is -0.314 e. The molecule has 0 amide bonds. The van der Waals surface area contributed by atoms with E-state index in [-0.39, 0.29) is 0 Å². The van der Waals surface area contributed by atoms with Crippen molar-refractivity contribution >= 4 is 9.84 Å². The predicted molar refractivity (Wildman–Crippen MR) is 94.1 cm³/mol. The van der Waals surface area contributed by atoms with Gasteiger partial charge in [-0.2, -0.15) is 0 Å². The molecule has 5 heteroatoms. The van der Waals surface area contributed by atoms with Gasteiger partial charge in [0.2, 0.25) is 0 Å². The van der Waals surface area contributed by atoms with Crippen molar-refractivity contribution in [1.29, 1.82) is 0 Å². The lowest BCUT2D eigenvalue weighted by molar-refractivity contribution is 0.289. The summed E-state index contributed by atoms with van der Waals surface area (Å²) in [6, 6.07) is 11.3. The molecular weight excluding hydrogens is 308 g/mol. The van der Waals surface area contributed by atoms with Gasteiger partial charge in [0.25, 0.3) is 0 Å². The molecule has 128 valence electrons. The molecule has 3 atom stereocenters. The van der Waals surface area contributed by atoms with E-state index in [0.717, 1.165) is 31.3 Å². The molecule has 0 aromatic heterocycles. The molecule has 1 N–H and O–H groups in total. The van der Waals surface area contributed by atoms with Crippen LogP contribution in [0.1, 0.15) is 24.8 Å².